The third-order valence-corrected chi connectivity index (χ3v) is 4.54. The zero-order chi connectivity index (χ0) is 18.4. The summed E-state index contributed by atoms with van der Waals surface area (Å²) in [7, 11) is 0. The third-order valence-electron chi connectivity index (χ3n) is 4.54. The van der Waals surface area contributed by atoms with Gasteiger partial charge in [0.05, 0.1) is 0 Å². The minimum absolute atomic E-state index is 0.0473. The van der Waals surface area contributed by atoms with Crippen molar-refractivity contribution in [3.63, 3.8) is 0 Å². The first-order valence-electron chi connectivity index (χ1n) is 8.92. The standard InChI is InChI=1S/C21H24N2O3/c1-16-6-8-19(9-7-16)26-15-20(24)22-12-10-21(25)23-13-11-17-4-2-3-5-18(17)14-23/h2-9H,10-15H2,1H3,(H,22,24). The lowest BCUT2D eigenvalue weighted by molar-refractivity contribution is -0.132. The molecule has 1 heterocycles. The maximum absolute atomic E-state index is 12.3. The molecule has 0 unspecified atom stereocenters. The minimum Gasteiger partial charge on any atom is -0.484 e. The first-order chi connectivity index (χ1) is 12.6. The molecule has 1 aliphatic heterocycles. The molecule has 0 bridgehead atoms. The van der Waals surface area contributed by atoms with Crippen molar-refractivity contribution in [3.05, 3.63) is 65.2 Å². The fourth-order valence-corrected chi connectivity index (χ4v) is 3.01. The first kappa shape index (κ1) is 18.0. The second-order valence-electron chi connectivity index (χ2n) is 6.54. The molecule has 0 saturated carbocycles. The number of aryl methyl sites for hydroxylation is 1. The van der Waals surface area contributed by atoms with Gasteiger partial charge in [-0.3, -0.25) is 9.59 Å². The van der Waals surface area contributed by atoms with E-state index in [2.05, 4.69) is 17.4 Å². The number of fused-ring (bicyclic) bond motifs is 1. The third kappa shape index (κ3) is 4.85. The zero-order valence-corrected chi connectivity index (χ0v) is 15.0. The molecule has 0 aromatic heterocycles. The number of hydrogen-bond acceptors (Lipinski definition) is 3. The summed E-state index contributed by atoms with van der Waals surface area (Å²) in [4.78, 5) is 26.0. The number of nitrogens with one attached hydrogen (secondary N) is 1. The molecule has 2 amide bonds. The van der Waals surface area contributed by atoms with Crippen LogP contribution in [0.2, 0.25) is 0 Å². The Labute approximate surface area is 154 Å². The maximum atomic E-state index is 12.3. The molecule has 5 nitrogen and oxygen atoms in total. The summed E-state index contributed by atoms with van der Waals surface area (Å²) < 4.78 is 5.43. The fraction of sp³-hybridized carbons (Fsp3) is 0.333. The van der Waals surface area contributed by atoms with Gasteiger partial charge in [-0.25, -0.2) is 0 Å². The topological polar surface area (TPSA) is 58.6 Å². The highest BCUT2D eigenvalue weighted by Gasteiger charge is 2.20. The van der Waals surface area contributed by atoms with Gasteiger partial charge in [-0.1, -0.05) is 42.0 Å². The van der Waals surface area contributed by atoms with Crippen LogP contribution in [0.5, 0.6) is 5.75 Å². The van der Waals surface area contributed by atoms with Gasteiger partial charge in [0.1, 0.15) is 5.75 Å². The lowest BCUT2D eigenvalue weighted by atomic mass is 10.00. The van der Waals surface area contributed by atoms with Crippen molar-refractivity contribution < 1.29 is 14.3 Å². The van der Waals surface area contributed by atoms with E-state index in [1.54, 1.807) is 0 Å². The van der Waals surface area contributed by atoms with Crippen molar-refractivity contribution >= 4 is 11.8 Å². The quantitative estimate of drug-likeness (QED) is 0.869. The van der Waals surface area contributed by atoms with Crippen LogP contribution in [-0.2, 0) is 22.6 Å². The largest absolute Gasteiger partial charge is 0.484 e. The molecular formula is C21H24N2O3. The molecule has 3 rings (SSSR count). The lowest BCUT2D eigenvalue weighted by Crippen LogP contribution is -2.38. The normalized spacial score (nSPS) is 13.0. The van der Waals surface area contributed by atoms with E-state index < -0.39 is 0 Å². The van der Waals surface area contributed by atoms with Crippen molar-refractivity contribution in [2.75, 3.05) is 19.7 Å². The van der Waals surface area contributed by atoms with Gasteiger partial charge in [0.15, 0.2) is 6.61 Å². The van der Waals surface area contributed by atoms with Crippen LogP contribution in [0.15, 0.2) is 48.5 Å². The van der Waals surface area contributed by atoms with E-state index in [4.69, 9.17) is 4.74 Å². The van der Waals surface area contributed by atoms with E-state index in [0.717, 1.165) is 18.5 Å². The van der Waals surface area contributed by atoms with Crippen molar-refractivity contribution in [3.8, 4) is 5.75 Å². The van der Waals surface area contributed by atoms with Crippen LogP contribution in [0.4, 0.5) is 0 Å². The number of nitrogens with zero attached hydrogens (tertiary/aromatic N) is 1. The number of ether oxygens (including phenoxy) is 1. The van der Waals surface area contributed by atoms with Gasteiger partial charge in [0.2, 0.25) is 5.91 Å². The van der Waals surface area contributed by atoms with Crippen molar-refractivity contribution in [1.82, 2.24) is 10.2 Å². The van der Waals surface area contributed by atoms with Gasteiger partial charge in [0.25, 0.3) is 5.91 Å². The van der Waals surface area contributed by atoms with Crippen molar-refractivity contribution in [2.45, 2.75) is 26.3 Å². The Bertz CT molecular complexity index is 771. The molecule has 2 aromatic carbocycles. The molecule has 0 spiro atoms. The summed E-state index contributed by atoms with van der Waals surface area (Å²) in [5.41, 5.74) is 3.67. The van der Waals surface area contributed by atoms with E-state index in [1.165, 1.54) is 11.1 Å². The minimum atomic E-state index is -0.220. The SMILES string of the molecule is Cc1ccc(OCC(=O)NCCC(=O)N2CCc3ccccc3C2)cc1. The van der Waals surface area contributed by atoms with Crippen molar-refractivity contribution in [1.29, 1.82) is 0 Å². The number of carbonyl (C=O) groups is 2. The van der Waals surface area contributed by atoms with Crippen LogP contribution >= 0.6 is 0 Å². The van der Waals surface area contributed by atoms with Gasteiger partial charge in [0, 0.05) is 26.1 Å². The number of rotatable bonds is 6. The van der Waals surface area contributed by atoms with Gasteiger partial charge in [-0.05, 0) is 36.6 Å². The number of carbonyl (C=O) groups excluding carboxylic acids is 2. The highest BCUT2D eigenvalue weighted by atomic mass is 16.5. The average Bonchev–Trinajstić information content (AvgIpc) is 2.67. The van der Waals surface area contributed by atoms with E-state index >= 15 is 0 Å². The summed E-state index contributed by atoms with van der Waals surface area (Å²) in [6, 6.07) is 15.8. The maximum Gasteiger partial charge on any atom is 0.257 e. The van der Waals surface area contributed by atoms with Gasteiger partial charge < -0.3 is 15.0 Å². The molecule has 0 atom stereocenters. The summed E-state index contributed by atoms with van der Waals surface area (Å²) in [6.07, 6.45) is 1.19. The molecule has 2 aromatic rings. The van der Waals surface area contributed by atoms with Crippen LogP contribution in [0.3, 0.4) is 0 Å². The Balaban J connectivity index is 1.37. The average molecular weight is 352 g/mol. The second kappa shape index (κ2) is 8.52. The smallest absolute Gasteiger partial charge is 0.257 e. The van der Waals surface area contributed by atoms with Gasteiger partial charge >= 0.3 is 0 Å². The van der Waals surface area contributed by atoms with Crippen LogP contribution < -0.4 is 10.1 Å². The second-order valence-corrected chi connectivity index (χ2v) is 6.54. The molecule has 0 aliphatic carbocycles. The summed E-state index contributed by atoms with van der Waals surface area (Å²) in [5, 5.41) is 2.74. The molecule has 5 heteroatoms. The van der Waals surface area contributed by atoms with Gasteiger partial charge in [-0.2, -0.15) is 0 Å². The first-order valence-corrected chi connectivity index (χ1v) is 8.92. The predicted octanol–water partition coefficient (Wildman–Crippen LogP) is 2.47. The Kier molecular flexibility index (Phi) is 5.89. The Hall–Kier alpha value is -2.82. The summed E-state index contributed by atoms with van der Waals surface area (Å²) in [5.74, 6) is 0.510. The Morgan fingerprint density at radius 1 is 1.08 bits per heavy atom. The van der Waals surface area contributed by atoms with Gasteiger partial charge in [-0.15, -0.1) is 0 Å². The van der Waals surface area contributed by atoms with E-state index in [9.17, 15) is 9.59 Å². The molecule has 1 N–H and O–H groups in total. The fourth-order valence-electron chi connectivity index (χ4n) is 3.01. The number of amides is 2. The highest BCUT2D eigenvalue weighted by Crippen LogP contribution is 2.18. The molecule has 1 aliphatic rings. The zero-order valence-electron chi connectivity index (χ0n) is 15.0. The number of benzene rings is 2. The Morgan fingerprint density at radius 3 is 2.58 bits per heavy atom. The lowest BCUT2D eigenvalue weighted by Gasteiger charge is -2.29. The molecule has 26 heavy (non-hydrogen) atoms. The van der Waals surface area contributed by atoms with Crippen molar-refractivity contribution in [2.24, 2.45) is 0 Å². The van der Waals surface area contributed by atoms with E-state index in [1.807, 2.05) is 48.2 Å². The predicted molar refractivity (Wildman–Crippen MR) is 99.9 cm³/mol. The molecule has 0 saturated heterocycles. The highest BCUT2D eigenvalue weighted by molar-refractivity contribution is 5.80. The van der Waals surface area contributed by atoms with Crippen LogP contribution in [0, 0.1) is 6.92 Å². The molecule has 0 fully saturated rings. The van der Waals surface area contributed by atoms with E-state index in [0.29, 0.717) is 25.3 Å². The summed E-state index contributed by atoms with van der Waals surface area (Å²) >= 11 is 0. The molecular weight excluding hydrogens is 328 g/mol. The molecule has 136 valence electrons. The monoisotopic (exact) mass is 352 g/mol. The molecule has 0 radical (unpaired) electrons. The summed E-state index contributed by atoms with van der Waals surface area (Å²) in [6.45, 7) is 3.66. The van der Waals surface area contributed by atoms with Crippen LogP contribution in [-0.4, -0.2) is 36.4 Å². The van der Waals surface area contributed by atoms with Crippen LogP contribution in [0.1, 0.15) is 23.1 Å². The van der Waals surface area contributed by atoms with Crippen LogP contribution in [0.25, 0.3) is 0 Å². The number of hydrogen-bond donors (Lipinski definition) is 1. The van der Waals surface area contributed by atoms with E-state index in [-0.39, 0.29) is 18.4 Å². The Morgan fingerprint density at radius 2 is 1.81 bits per heavy atom.